The van der Waals surface area contributed by atoms with Crippen molar-refractivity contribution in [2.45, 2.75) is 25.0 Å². The van der Waals surface area contributed by atoms with Crippen LogP contribution in [0.2, 0.25) is 0 Å². The second-order valence-corrected chi connectivity index (χ2v) is 7.61. The van der Waals surface area contributed by atoms with Gasteiger partial charge in [0.1, 0.15) is 0 Å². The fourth-order valence-corrected chi connectivity index (χ4v) is 3.53. The number of aryl methyl sites for hydroxylation is 1. The van der Waals surface area contributed by atoms with Crippen molar-refractivity contribution < 1.29 is 9.59 Å². The van der Waals surface area contributed by atoms with Crippen LogP contribution >= 0.6 is 11.8 Å². The molecule has 150 valence electrons. The Bertz CT molecular complexity index is 1000. The number of carbonyl (C=O) groups excluding carboxylic acids is 2. The van der Waals surface area contributed by atoms with Crippen LogP contribution < -0.4 is 10.6 Å². The van der Waals surface area contributed by atoms with Crippen LogP contribution in [0.5, 0.6) is 0 Å². The van der Waals surface area contributed by atoms with Gasteiger partial charge in [-0.1, -0.05) is 42.1 Å². The molecule has 0 radical (unpaired) electrons. The summed E-state index contributed by atoms with van der Waals surface area (Å²) < 4.78 is 1.79. The van der Waals surface area contributed by atoms with Crippen molar-refractivity contribution in [3.63, 3.8) is 0 Å². The number of benzene rings is 2. The molecule has 1 atom stereocenters. The second kappa shape index (κ2) is 9.38. The van der Waals surface area contributed by atoms with E-state index in [-0.39, 0.29) is 23.6 Å². The van der Waals surface area contributed by atoms with Gasteiger partial charge in [-0.2, -0.15) is 0 Å². The van der Waals surface area contributed by atoms with Gasteiger partial charge in [0.15, 0.2) is 11.0 Å². The summed E-state index contributed by atoms with van der Waals surface area (Å²) >= 11 is 1.30. The molecular formula is C21H23N5O2S. The van der Waals surface area contributed by atoms with Gasteiger partial charge in [-0.05, 0) is 43.7 Å². The van der Waals surface area contributed by atoms with Gasteiger partial charge >= 0.3 is 0 Å². The summed E-state index contributed by atoms with van der Waals surface area (Å²) in [4.78, 5) is 24.5. The first-order valence-corrected chi connectivity index (χ1v) is 10.2. The zero-order valence-electron chi connectivity index (χ0n) is 16.5. The van der Waals surface area contributed by atoms with E-state index in [9.17, 15) is 9.59 Å². The number of rotatable bonds is 7. The summed E-state index contributed by atoms with van der Waals surface area (Å²) in [6.07, 6.45) is 0. The zero-order chi connectivity index (χ0) is 20.8. The second-order valence-electron chi connectivity index (χ2n) is 6.67. The quantitative estimate of drug-likeness (QED) is 0.584. The number of nitrogens with zero attached hydrogens (tertiary/aromatic N) is 3. The van der Waals surface area contributed by atoms with Crippen molar-refractivity contribution in [3.05, 3.63) is 71.5 Å². The highest BCUT2D eigenvalue weighted by Gasteiger charge is 2.19. The first kappa shape index (κ1) is 20.6. The molecule has 0 aliphatic carbocycles. The lowest BCUT2D eigenvalue weighted by molar-refractivity contribution is -0.113. The Labute approximate surface area is 173 Å². The predicted molar refractivity (Wildman–Crippen MR) is 114 cm³/mol. The molecule has 0 saturated heterocycles. The number of hydrogen-bond acceptors (Lipinski definition) is 5. The number of nitrogens with one attached hydrogen (secondary N) is 2. The van der Waals surface area contributed by atoms with Crippen LogP contribution in [0.1, 0.15) is 34.7 Å². The van der Waals surface area contributed by atoms with Crippen LogP contribution in [0.4, 0.5) is 5.69 Å². The SMILES string of the molecule is Cc1cccc(NC(=O)CSc2nnc([C@@H](C)NC(=O)c3ccccc3)n2C)c1. The minimum Gasteiger partial charge on any atom is -0.342 e. The molecular weight excluding hydrogens is 386 g/mol. The maximum atomic E-state index is 12.3. The number of thioether (sulfide) groups is 1. The van der Waals surface area contributed by atoms with E-state index in [2.05, 4.69) is 20.8 Å². The summed E-state index contributed by atoms with van der Waals surface area (Å²) in [6, 6.07) is 16.3. The summed E-state index contributed by atoms with van der Waals surface area (Å²) in [5.74, 6) is 0.546. The lowest BCUT2D eigenvalue weighted by Crippen LogP contribution is -2.28. The van der Waals surface area contributed by atoms with Crippen molar-refractivity contribution in [3.8, 4) is 0 Å². The normalized spacial score (nSPS) is 11.7. The maximum absolute atomic E-state index is 12.3. The fourth-order valence-electron chi connectivity index (χ4n) is 2.81. The van der Waals surface area contributed by atoms with Crippen molar-refractivity contribution in [1.29, 1.82) is 0 Å². The average molecular weight is 410 g/mol. The Morgan fingerprint density at radius 2 is 1.86 bits per heavy atom. The number of aromatic nitrogens is 3. The standard InChI is InChI=1S/C21H23N5O2S/c1-14-8-7-11-17(12-14)23-18(27)13-29-21-25-24-19(26(21)3)15(2)22-20(28)16-9-5-4-6-10-16/h4-12,15H,13H2,1-3H3,(H,22,28)(H,23,27)/t15-/m1/s1. The van der Waals surface area contributed by atoms with E-state index in [0.717, 1.165) is 11.3 Å². The van der Waals surface area contributed by atoms with Crippen molar-refractivity contribution in [2.75, 3.05) is 11.1 Å². The summed E-state index contributed by atoms with van der Waals surface area (Å²) in [6.45, 7) is 3.83. The molecule has 2 N–H and O–H groups in total. The highest BCUT2D eigenvalue weighted by atomic mass is 32.2. The van der Waals surface area contributed by atoms with Gasteiger partial charge in [0.25, 0.3) is 5.91 Å². The first-order valence-electron chi connectivity index (χ1n) is 9.18. The van der Waals surface area contributed by atoms with E-state index in [1.54, 1.807) is 16.7 Å². The van der Waals surface area contributed by atoms with Gasteiger partial charge in [0, 0.05) is 18.3 Å². The molecule has 29 heavy (non-hydrogen) atoms. The van der Waals surface area contributed by atoms with Crippen molar-refractivity contribution >= 4 is 29.3 Å². The van der Waals surface area contributed by atoms with Gasteiger partial charge in [-0.15, -0.1) is 10.2 Å². The topological polar surface area (TPSA) is 88.9 Å². The van der Waals surface area contributed by atoms with Crippen LogP contribution in [0, 0.1) is 6.92 Å². The fraction of sp³-hybridized carbons (Fsp3) is 0.238. The molecule has 7 nitrogen and oxygen atoms in total. The molecule has 0 aliphatic rings. The molecule has 1 aromatic heterocycles. The third-order valence-corrected chi connectivity index (χ3v) is 5.29. The molecule has 8 heteroatoms. The van der Waals surface area contributed by atoms with E-state index in [1.807, 2.05) is 63.4 Å². The molecule has 0 aliphatic heterocycles. The Hall–Kier alpha value is -3.13. The van der Waals surface area contributed by atoms with Crippen molar-refractivity contribution in [2.24, 2.45) is 7.05 Å². The predicted octanol–water partition coefficient (Wildman–Crippen LogP) is 3.35. The van der Waals surface area contributed by atoms with E-state index in [1.165, 1.54) is 11.8 Å². The van der Waals surface area contributed by atoms with Crippen molar-refractivity contribution in [1.82, 2.24) is 20.1 Å². The Balaban J connectivity index is 1.57. The molecule has 0 unspecified atom stereocenters. The molecule has 2 aromatic carbocycles. The third kappa shape index (κ3) is 5.45. The first-order chi connectivity index (χ1) is 13.9. The van der Waals surface area contributed by atoms with Gasteiger partial charge in [0.2, 0.25) is 5.91 Å². The Morgan fingerprint density at radius 3 is 2.59 bits per heavy atom. The van der Waals surface area contributed by atoms with E-state index in [0.29, 0.717) is 16.5 Å². The van der Waals surface area contributed by atoms with Gasteiger partial charge in [-0.25, -0.2) is 0 Å². The minimum atomic E-state index is -0.323. The molecule has 3 rings (SSSR count). The summed E-state index contributed by atoms with van der Waals surface area (Å²) in [5, 5.41) is 14.7. The molecule has 0 fully saturated rings. The summed E-state index contributed by atoms with van der Waals surface area (Å²) in [5.41, 5.74) is 2.44. The smallest absolute Gasteiger partial charge is 0.251 e. The number of carbonyl (C=O) groups is 2. The third-order valence-electron chi connectivity index (χ3n) is 4.27. The van der Waals surface area contributed by atoms with E-state index < -0.39 is 0 Å². The maximum Gasteiger partial charge on any atom is 0.251 e. The molecule has 2 amide bonds. The van der Waals surface area contributed by atoms with Crippen LogP contribution in [0.3, 0.4) is 0 Å². The van der Waals surface area contributed by atoms with Crippen LogP contribution in [-0.2, 0) is 11.8 Å². The lowest BCUT2D eigenvalue weighted by atomic mass is 10.2. The molecule has 3 aromatic rings. The largest absolute Gasteiger partial charge is 0.342 e. The Kier molecular flexibility index (Phi) is 6.66. The monoisotopic (exact) mass is 409 g/mol. The van der Waals surface area contributed by atoms with Gasteiger partial charge in [-0.3, -0.25) is 9.59 Å². The summed E-state index contributed by atoms with van der Waals surface area (Å²) in [7, 11) is 1.82. The Morgan fingerprint density at radius 1 is 1.10 bits per heavy atom. The number of anilines is 1. The number of hydrogen-bond donors (Lipinski definition) is 2. The molecule has 0 bridgehead atoms. The zero-order valence-corrected chi connectivity index (χ0v) is 17.4. The van der Waals surface area contributed by atoms with Crippen LogP contribution in [0.25, 0.3) is 0 Å². The number of amides is 2. The molecule has 0 spiro atoms. The van der Waals surface area contributed by atoms with Gasteiger partial charge in [0.05, 0.1) is 11.8 Å². The van der Waals surface area contributed by atoms with E-state index >= 15 is 0 Å². The van der Waals surface area contributed by atoms with E-state index in [4.69, 9.17) is 0 Å². The highest BCUT2D eigenvalue weighted by molar-refractivity contribution is 7.99. The lowest BCUT2D eigenvalue weighted by Gasteiger charge is -2.13. The minimum absolute atomic E-state index is 0.115. The average Bonchev–Trinajstić information content (AvgIpc) is 3.07. The van der Waals surface area contributed by atoms with Crippen LogP contribution in [0.15, 0.2) is 59.8 Å². The molecule has 0 saturated carbocycles. The van der Waals surface area contributed by atoms with Gasteiger partial charge < -0.3 is 15.2 Å². The highest BCUT2D eigenvalue weighted by Crippen LogP contribution is 2.20. The van der Waals surface area contributed by atoms with Crippen LogP contribution in [-0.4, -0.2) is 32.3 Å². The molecule has 1 heterocycles.